The summed E-state index contributed by atoms with van der Waals surface area (Å²) in [6.07, 6.45) is 0. The predicted octanol–water partition coefficient (Wildman–Crippen LogP) is 2.38. The van der Waals surface area contributed by atoms with Crippen molar-refractivity contribution in [2.24, 2.45) is 0 Å². The molecule has 0 spiro atoms. The molecule has 2 aromatic rings. The normalized spacial score (nSPS) is 10.2. The highest BCUT2D eigenvalue weighted by Crippen LogP contribution is 2.09. The van der Waals surface area contributed by atoms with Gasteiger partial charge in [-0.15, -0.1) is 0 Å². The molecule has 0 aliphatic rings. The second-order valence-electron chi connectivity index (χ2n) is 3.58. The zero-order valence-electron chi connectivity index (χ0n) is 9.47. The summed E-state index contributed by atoms with van der Waals surface area (Å²) in [5, 5.41) is 1.34. The van der Waals surface area contributed by atoms with Crippen molar-refractivity contribution in [2.45, 2.75) is 6.92 Å². The molecule has 0 saturated heterocycles. The molecule has 2 rings (SSSR count). The molecule has 2 aromatic carbocycles. The lowest BCUT2D eigenvalue weighted by atomic mass is 10.1. The number of fused-ring (bicyclic) bond motifs is 1. The van der Waals surface area contributed by atoms with E-state index in [4.69, 9.17) is 4.74 Å². The lowest BCUT2D eigenvalue weighted by Crippen LogP contribution is -2.15. The summed E-state index contributed by atoms with van der Waals surface area (Å²) in [4.78, 5) is 23.8. The highest BCUT2D eigenvalue weighted by atomic mass is 16.5. The minimum atomic E-state index is -0.571. The summed E-state index contributed by atoms with van der Waals surface area (Å²) in [6.45, 7) is 1.97. The van der Waals surface area contributed by atoms with Crippen LogP contribution in [0.15, 0.2) is 47.3 Å². The molecule has 0 amide bonds. The van der Waals surface area contributed by atoms with Gasteiger partial charge in [0.15, 0.2) is 0 Å². The fourth-order valence-corrected chi connectivity index (χ4v) is 1.69. The quantitative estimate of drug-likeness (QED) is 0.741. The van der Waals surface area contributed by atoms with Crippen molar-refractivity contribution in [3.8, 4) is 0 Å². The Bertz CT molecular complexity index is 617. The third-order valence-electron chi connectivity index (χ3n) is 2.48. The highest BCUT2D eigenvalue weighted by Gasteiger charge is 2.11. The summed E-state index contributed by atoms with van der Waals surface area (Å²) >= 11 is 0. The van der Waals surface area contributed by atoms with Crippen LogP contribution in [0.3, 0.4) is 0 Å². The van der Waals surface area contributed by atoms with Gasteiger partial charge in [-0.1, -0.05) is 36.4 Å². The molecule has 0 N–H and O–H groups in total. The second-order valence-corrected chi connectivity index (χ2v) is 3.58. The summed E-state index contributed by atoms with van der Waals surface area (Å²) < 4.78 is 4.86. The van der Waals surface area contributed by atoms with Crippen LogP contribution in [0.2, 0.25) is 0 Å². The van der Waals surface area contributed by atoms with Crippen LogP contribution < -0.4 is 5.43 Å². The maximum atomic E-state index is 12.1. The molecule has 0 aliphatic heterocycles. The summed E-state index contributed by atoms with van der Waals surface area (Å²) in [5.41, 5.74) is -0.211. The van der Waals surface area contributed by atoms with E-state index in [9.17, 15) is 9.59 Å². The molecular formula is C14H12O3. The Hall–Kier alpha value is -2.16. The molecule has 0 atom stereocenters. The molecule has 0 radical (unpaired) electrons. The van der Waals surface area contributed by atoms with Gasteiger partial charge >= 0.3 is 5.97 Å². The zero-order chi connectivity index (χ0) is 12.3. The zero-order valence-corrected chi connectivity index (χ0v) is 9.47. The Morgan fingerprint density at radius 3 is 2.59 bits per heavy atom. The molecule has 0 aromatic heterocycles. The number of hydrogen-bond donors (Lipinski definition) is 0. The summed E-state index contributed by atoms with van der Waals surface area (Å²) in [5.74, 6) is -0.571. The number of ether oxygens (including phenoxy) is 1. The standard InChI is InChI=1S/C14H12O3/c1-2-17-14(16)12-9-5-7-10-6-3-4-8-11(10)13(12)15/h3-9H,2H2,1H3. The number of hydrogen-bond acceptors (Lipinski definition) is 3. The molecule has 3 heteroatoms. The maximum absolute atomic E-state index is 12.1. The summed E-state index contributed by atoms with van der Waals surface area (Å²) in [7, 11) is 0. The van der Waals surface area contributed by atoms with Crippen molar-refractivity contribution in [3.63, 3.8) is 0 Å². The maximum Gasteiger partial charge on any atom is 0.342 e. The topological polar surface area (TPSA) is 43.4 Å². The molecule has 86 valence electrons. The van der Waals surface area contributed by atoms with E-state index in [0.717, 1.165) is 5.39 Å². The van der Waals surface area contributed by atoms with Gasteiger partial charge in [0.2, 0.25) is 5.43 Å². The minimum absolute atomic E-state index is 0.0769. The van der Waals surface area contributed by atoms with Crippen LogP contribution in [-0.4, -0.2) is 12.6 Å². The molecule has 0 saturated carbocycles. The first-order valence-electron chi connectivity index (χ1n) is 5.43. The first-order chi connectivity index (χ1) is 8.24. The Kier molecular flexibility index (Phi) is 3.19. The molecule has 3 nitrogen and oxygen atoms in total. The van der Waals surface area contributed by atoms with Crippen LogP contribution >= 0.6 is 0 Å². The van der Waals surface area contributed by atoms with Crippen LogP contribution in [0, 0.1) is 0 Å². The van der Waals surface area contributed by atoms with Gasteiger partial charge in [-0.2, -0.15) is 0 Å². The van der Waals surface area contributed by atoms with Crippen molar-refractivity contribution in [1.82, 2.24) is 0 Å². The van der Waals surface area contributed by atoms with Gasteiger partial charge in [0, 0.05) is 5.39 Å². The molecule has 0 unspecified atom stereocenters. The largest absolute Gasteiger partial charge is 0.462 e. The Morgan fingerprint density at radius 2 is 1.82 bits per heavy atom. The first-order valence-corrected chi connectivity index (χ1v) is 5.43. The molecule has 0 fully saturated rings. The molecule has 0 heterocycles. The minimum Gasteiger partial charge on any atom is -0.462 e. The Morgan fingerprint density at radius 1 is 1.12 bits per heavy atom. The highest BCUT2D eigenvalue weighted by molar-refractivity contribution is 5.93. The van der Waals surface area contributed by atoms with Gasteiger partial charge in [0.05, 0.1) is 6.61 Å². The lowest BCUT2D eigenvalue weighted by Gasteiger charge is -1.98. The van der Waals surface area contributed by atoms with Crippen molar-refractivity contribution >= 4 is 16.7 Å². The summed E-state index contributed by atoms with van der Waals surface area (Å²) in [6, 6.07) is 12.2. The molecule has 0 bridgehead atoms. The van der Waals surface area contributed by atoms with E-state index in [1.807, 2.05) is 12.1 Å². The number of carbonyl (C=O) groups excluding carboxylic acids is 1. The lowest BCUT2D eigenvalue weighted by molar-refractivity contribution is 0.0525. The van der Waals surface area contributed by atoms with Gasteiger partial charge < -0.3 is 4.74 Å². The first kappa shape index (κ1) is 11.3. The average molecular weight is 228 g/mol. The van der Waals surface area contributed by atoms with Gasteiger partial charge in [-0.05, 0) is 18.4 Å². The van der Waals surface area contributed by atoms with Gasteiger partial charge in [0.25, 0.3) is 0 Å². The van der Waals surface area contributed by atoms with Crippen LogP contribution in [-0.2, 0) is 4.74 Å². The van der Waals surface area contributed by atoms with Gasteiger partial charge in [-0.25, -0.2) is 4.79 Å². The fourth-order valence-electron chi connectivity index (χ4n) is 1.69. The van der Waals surface area contributed by atoms with Crippen LogP contribution in [0.5, 0.6) is 0 Å². The monoisotopic (exact) mass is 228 g/mol. The van der Waals surface area contributed by atoms with Gasteiger partial charge in [0.1, 0.15) is 5.56 Å². The van der Waals surface area contributed by atoms with Crippen molar-refractivity contribution < 1.29 is 9.53 Å². The fraction of sp³-hybridized carbons (Fsp3) is 0.143. The Balaban J connectivity index is 2.72. The van der Waals surface area contributed by atoms with E-state index < -0.39 is 5.97 Å². The molecule has 17 heavy (non-hydrogen) atoms. The second kappa shape index (κ2) is 4.78. The number of carbonyl (C=O) groups is 1. The Labute approximate surface area is 98.7 Å². The van der Waals surface area contributed by atoms with E-state index in [2.05, 4.69) is 0 Å². The van der Waals surface area contributed by atoms with Gasteiger partial charge in [-0.3, -0.25) is 4.79 Å². The third-order valence-corrected chi connectivity index (χ3v) is 2.48. The molecule has 0 aliphatic carbocycles. The van der Waals surface area contributed by atoms with E-state index >= 15 is 0 Å². The van der Waals surface area contributed by atoms with Crippen LogP contribution in [0.25, 0.3) is 10.8 Å². The van der Waals surface area contributed by atoms with Crippen LogP contribution in [0.1, 0.15) is 17.3 Å². The number of benzene rings is 1. The third kappa shape index (κ3) is 2.18. The smallest absolute Gasteiger partial charge is 0.342 e. The van der Waals surface area contributed by atoms with Crippen molar-refractivity contribution in [2.75, 3.05) is 6.61 Å². The SMILES string of the molecule is CCOC(=O)c1cccc2ccccc2c1=O. The van der Waals surface area contributed by atoms with E-state index in [-0.39, 0.29) is 17.6 Å². The van der Waals surface area contributed by atoms with Crippen LogP contribution in [0.4, 0.5) is 0 Å². The molecular weight excluding hydrogens is 216 g/mol. The van der Waals surface area contributed by atoms with E-state index in [1.54, 1.807) is 31.2 Å². The van der Waals surface area contributed by atoms with E-state index in [1.165, 1.54) is 6.07 Å². The van der Waals surface area contributed by atoms with Crippen molar-refractivity contribution in [3.05, 3.63) is 58.3 Å². The number of esters is 1. The average Bonchev–Trinajstić information content (AvgIpc) is 2.50. The van der Waals surface area contributed by atoms with E-state index in [0.29, 0.717) is 5.39 Å². The predicted molar refractivity (Wildman–Crippen MR) is 66.2 cm³/mol. The number of rotatable bonds is 2. The van der Waals surface area contributed by atoms with Crippen molar-refractivity contribution in [1.29, 1.82) is 0 Å².